The van der Waals surface area contributed by atoms with Gasteiger partial charge in [-0.05, 0) is 61.6 Å². The molecule has 0 fully saturated rings. The number of ether oxygens (including phenoxy) is 1. The van der Waals surface area contributed by atoms with Crippen molar-refractivity contribution in [2.75, 3.05) is 24.2 Å². The van der Waals surface area contributed by atoms with Crippen LogP contribution in [0.4, 0.5) is 5.69 Å². The van der Waals surface area contributed by atoms with Gasteiger partial charge in [-0.15, -0.1) is 0 Å². The lowest BCUT2D eigenvalue weighted by Crippen LogP contribution is -2.48. The molecule has 2 rings (SSSR count). The number of amides is 1. The predicted molar refractivity (Wildman–Crippen MR) is 117 cm³/mol. The lowest BCUT2D eigenvalue weighted by Gasteiger charge is -2.28. The van der Waals surface area contributed by atoms with E-state index in [1.807, 2.05) is 43.3 Å². The summed E-state index contributed by atoms with van der Waals surface area (Å²) in [6.45, 7) is 4.10. The van der Waals surface area contributed by atoms with Crippen molar-refractivity contribution in [2.24, 2.45) is 0 Å². The fraction of sp³-hybridized carbons (Fsp3) is 0.409. The number of nitrogens with one attached hydrogen (secondary N) is 1. The van der Waals surface area contributed by atoms with Gasteiger partial charge >= 0.3 is 0 Å². The average molecular weight is 419 g/mol. The molecule has 158 valence electrons. The zero-order valence-electron chi connectivity index (χ0n) is 17.5. The van der Waals surface area contributed by atoms with Crippen molar-refractivity contribution in [2.45, 2.75) is 39.2 Å². The molecule has 0 aliphatic rings. The van der Waals surface area contributed by atoms with Crippen LogP contribution < -0.4 is 14.4 Å². The first kappa shape index (κ1) is 22.7. The Hall–Kier alpha value is -2.54. The molecule has 1 unspecified atom stereocenters. The number of aryl methyl sites for hydroxylation is 2. The van der Waals surface area contributed by atoms with E-state index >= 15 is 0 Å². The summed E-state index contributed by atoms with van der Waals surface area (Å²) >= 11 is 0. The molecule has 1 N–H and O–H groups in total. The molecule has 0 spiro atoms. The Labute approximate surface area is 173 Å². The Morgan fingerprint density at radius 1 is 1.14 bits per heavy atom. The van der Waals surface area contributed by atoms with Crippen molar-refractivity contribution in [1.82, 2.24) is 5.32 Å². The van der Waals surface area contributed by atoms with E-state index in [4.69, 9.17) is 4.74 Å². The summed E-state index contributed by atoms with van der Waals surface area (Å²) in [5, 5.41) is 2.85. The number of rotatable bonds is 10. The SMILES string of the molecule is CCc1ccc(N(C(C)C(=O)NCCCc2cccc(OC)c2)S(C)(=O)=O)cc1. The molecule has 2 aromatic rings. The highest BCUT2D eigenvalue weighted by Crippen LogP contribution is 2.21. The maximum Gasteiger partial charge on any atom is 0.243 e. The molecule has 7 heteroatoms. The van der Waals surface area contributed by atoms with Crippen LogP contribution in [-0.2, 0) is 27.7 Å². The molecule has 0 bridgehead atoms. The van der Waals surface area contributed by atoms with Crippen LogP contribution in [0, 0.1) is 0 Å². The van der Waals surface area contributed by atoms with Crippen LogP contribution in [0.3, 0.4) is 0 Å². The quantitative estimate of drug-likeness (QED) is 0.602. The van der Waals surface area contributed by atoms with Crippen LogP contribution in [0.2, 0.25) is 0 Å². The molecule has 0 heterocycles. The fourth-order valence-electron chi connectivity index (χ4n) is 3.17. The predicted octanol–water partition coefficient (Wildman–Crippen LogP) is 3.16. The summed E-state index contributed by atoms with van der Waals surface area (Å²) in [5.41, 5.74) is 2.72. The van der Waals surface area contributed by atoms with Crippen LogP contribution in [0.25, 0.3) is 0 Å². The van der Waals surface area contributed by atoms with E-state index < -0.39 is 16.1 Å². The standard InChI is InChI=1S/C22H30N2O4S/c1-5-18-11-13-20(14-12-18)24(29(4,26)27)17(2)22(25)23-15-7-9-19-8-6-10-21(16-19)28-3/h6,8,10-14,16-17H,5,7,9,15H2,1-4H3,(H,23,25). The highest BCUT2D eigenvalue weighted by atomic mass is 32.2. The van der Waals surface area contributed by atoms with Crippen molar-refractivity contribution in [3.8, 4) is 5.75 Å². The second-order valence-electron chi connectivity index (χ2n) is 7.00. The van der Waals surface area contributed by atoms with Gasteiger partial charge in [0.25, 0.3) is 0 Å². The first-order valence-electron chi connectivity index (χ1n) is 9.75. The van der Waals surface area contributed by atoms with E-state index in [1.54, 1.807) is 26.2 Å². The normalized spacial score (nSPS) is 12.3. The van der Waals surface area contributed by atoms with Crippen LogP contribution in [0.5, 0.6) is 5.75 Å². The molecule has 29 heavy (non-hydrogen) atoms. The van der Waals surface area contributed by atoms with Gasteiger partial charge in [-0.25, -0.2) is 8.42 Å². The molecule has 0 saturated carbocycles. The third-order valence-electron chi connectivity index (χ3n) is 4.76. The summed E-state index contributed by atoms with van der Waals surface area (Å²) in [6, 6.07) is 14.2. The number of carbonyl (C=O) groups is 1. The number of hydrogen-bond donors (Lipinski definition) is 1. The molecule has 1 atom stereocenters. The van der Waals surface area contributed by atoms with Gasteiger partial charge in [-0.3, -0.25) is 9.10 Å². The highest BCUT2D eigenvalue weighted by Gasteiger charge is 2.28. The first-order chi connectivity index (χ1) is 13.8. The summed E-state index contributed by atoms with van der Waals surface area (Å²) in [4.78, 5) is 12.6. The summed E-state index contributed by atoms with van der Waals surface area (Å²) in [7, 11) is -1.98. The topological polar surface area (TPSA) is 75.7 Å². The number of benzene rings is 2. The molecule has 0 saturated heterocycles. The Morgan fingerprint density at radius 3 is 2.41 bits per heavy atom. The minimum absolute atomic E-state index is 0.319. The fourth-order valence-corrected chi connectivity index (χ4v) is 4.34. The number of methoxy groups -OCH3 is 1. The number of hydrogen-bond acceptors (Lipinski definition) is 4. The molecule has 0 radical (unpaired) electrons. The summed E-state index contributed by atoms with van der Waals surface area (Å²) < 4.78 is 31.1. The van der Waals surface area contributed by atoms with Crippen molar-refractivity contribution >= 4 is 21.6 Å². The monoisotopic (exact) mass is 418 g/mol. The van der Waals surface area contributed by atoms with Gasteiger partial charge in [0.15, 0.2) is 0 Å². The molecular formula is C22H30N2O4S. The van der Waals surface area contributed by atoms with Crippen LogP contribution in [0.1, 0.15) is 31.4 Å². The van der Waals surface area contributed by atoms with Gasteiger partial charge in [-0.2, -0.15) is 0 Å². The summed E-state index contributed by atoms with van der Waals surface area (Å²) in [6.07, 6.45) is 3.52. The van der Waals surface area contributed by atoms with Crippen LogP contribution >= 0.6 is 0 Å². The Morgan fingerprint density at radius 2 is 1.83 bits per heavy atom. The Kier molecular flexibility index (Phi) is 8.08. The zero-order chi connectivity index (χ0) is 21.4. The van der Waals surface area contributed by atoms with E-state index in [-0.39, 0.29) is 5.91 Å². The van der Waals surface area contributed by atoms with E-state index in [1.165, 1.54) is 4.31 Å². The van der Waals surface area contributed by atoms with Gasteiger partial charge in [0.2, 0.25) is 15.9 Å². The first-order valence-corrected chi connectivity index (χ1v) is 11.6. The number of nitrogens with zero attached hydrogens (tertiary/aromatic N) is 1. The zero-order valence-corrected chi connectivity index (χ0v) is 18.3. The lowest BCUT2D eigenvalue weighted by molar-refractivity contribution is -0.121. The van der Waals surface area contributed by atoms with E-state index in [0.29, 0.717) is 12.2 Å². The minimum Gasteiger partial charge on any atom is -0.497 e. The number of anilines is 1. The second-order valence-corrected chi connectivity index (χ2v) is 8.86. The van der Waals surface area contributed by atoms with Gasteiger partial charge < -0.3 is 10.1 Å². The van der Waals surface area contributed by atoms with E-state index in [0.717, 1.165) is 42.4 Å². The van der Waals surface area contributed by atoms with Gasteiger partial charge in [-0.1, -0.05) is 31.2 Å². The molecule has 1 amide bonds. The Bertz CT molecular complexity index is 911. The van der Waals surface area contributed by atoms with Crippen molar-refractivity contribution in [1.29, 1.82) is 0 Å². The Balaban J connectivity index is 1.97. The molecular weight excluding hydrogens is 388 g/mol. The van der Waals surface area contributed by atoms with Crippen LogP contribution in [-0.4, -0.2) is 40.3 Å². The minimum atomic E-state index is -3.60. The molecule has 0 aliphatic heterocycles. The van der Waals surface area contributed by atoms with Crippen LogP contribution in [0.15, 0.2) is 48.5 Å². The second kappa shape index (κ2) is 10.3. The smallest absolute Gasteiger partial charge is 0.243 e. The lowest BCUT2D eigenvalue weighted by atomic mass is 10.1. The number of sulfonamides is 1. The maximum absolute atomic E-state index is 12.6. The van der Waals surface area contributed by atoms with Gasteiger partial charge in [0.05, 0.1) is 19.1 Å². The highest BCUT2D eigenvalue weighted by molar-refractivity contribution is 7.92. The summed E-state index contributed by atoms with van der Waals surface area (Å²) in [5.74, 6) is 0.485. The molecule has 6 nitrogen and oxygen atoms in total. The number of carbonyl (C=O) groups excluding carboxylic acids is 1. The van der Waals surface area contributed by atoms with E-state index in [9.17, 15) is 13.2 Å². The van der Waals surface area contributed by atoms with Gasteiger partial charge in [0, 0.05) is 6.54 Å². The maximum atomic E-state index is 12.6. The third kappa shape index (κ3) is 6.49. The molecule has 2 aromatic carbocycles. The largest absolute Gasteiger partial charge is 0.497 e. The average Bonchev–Trinajstić information content (AvgIpc) is 2.70. The van der Waals surface area contributed by atoms with Gasteiger partial charge in [0.1, 0.15) is 11.8 Å². The molecule has 0 aliphatic carbocycles. The molecule has 0 aromatic heterocycles. The van der Waals surface area contributed by atoms with E-state index in [2.05, 4.69) is 5.32 Å². The van der Waals surface area contributed by atoms with Crippen molar-refractivity contribution in [3.63, 3.8) is 0 Å². The van der Waals surface area contributed by atoms with Crippen molar-refractivity contribution < 1.29 is 17.9 Å². The third-order valence-corrected chi connectivity index (χ3v) is 6.00. The van der Waals surface area contributed by atoms with Crippen molar-refractivity contribution in [3.05, 3.63) is 59.7 Å².